The van der Waals surface area contributed by atoms with Crippen LogP contribution in [0.15, 0.2) is 11.6 Å². The molecule has 0 amide bonds. The van der Waals surface area contributed by atoms with E-state index in [1.807, 2.05) is 13.0 Å². The van der Waals surface area contributed by atoms with E-state index in [1.54, 1.807) is 0 Å². The fourth-order valence-electron chi connectivity index (χ4n) is 6.90. The van der Waals surface area contributed by atoms with Gasteiger partial charge >= 0.3 is 5.97 Å². The van der Waals surface area contributed by atoms with E-state index in [-0.39, 0.29) is 48.7 Å². The van der Waals surface area contributed by atoms with Gasteiger partial charge in [-0.3, -0.25) is 0 Å². The first-order valence-corrected chi connectivity index (χ1v) is 17.6. The van der Waals surface area contributed by atoms with Crippen molar-refractivity contribution in [2.45, 2.75) is 204 Å². The second-order valence-electron chi connectivity index (χ2n) is 13.1. The van der Waals surface area contributed by atoms with Crippen molar-refractivity contribution in [3.05, 3.63) is 11.6 Å². The molecule has 0 bridgehead atoms. The van der Waals surface area contributed by atoms with Gasteiger partial charge in [0, 0.05) is 5.57 Å². The quantitative estimate of drug-likeness (QED) is 0.0941. The molecule has 0 aromatic rings. The minimum absolute atomic E-state index is 0.0463. The smallest absolute Gasteiger partial charge is 0.334 e. The Bertz CT molecular complexity index is 738. The minimum atomic E-state index is -0.374. The van der Waals surface area contributed by atoms with Crippen LogP contribution in [0.5, 0.6) is 0 Å². The summed E-state index contributed by atoms with van der Waals surface area (Å²) in [6.45, 7) is 4.15. The minimum Gasteiger partial charge on any atom is -0.455 e. The van der Waals surface area contributed by atoms with Crippen molar-refractivity contribution in [3.8, 4) is 0 Å². The van der Waals surface area contributed by atoms with E-state index < -0.39 is 0 Å². The summed E-state index contributed by atoms with van der Waals surface area (Å²) in [6.07, 6.45) is 27.1. The van der Waals surface area contributed by atoms with Gasteiger partial charge in [-0.25, -0.2) is 4.79 Å². The zero-order chi connectivity index (χ0) is 29.3. The zero-order valence-corrected chi connectivity index (χ0v) is 26.4. The maximum atomic E-state index is 11.6. The van der Waals surface area contributed by atoms with E-state index >= 15 is 0 Å². The van der Waals surface area contributed by atoms with Gasteiger partial charge in [0.05, 0.1) is 36.6 Å². The van der Waals surface area contributed by atoms with Crippen LogP contribution in [0.25, 0.3) is 0 Å². The van der Waals surface area contributed by atoms with Crippen molar-refractivity contribution in [1.29, 1.82) is 0 Å². The van der Waals surface area contributed by atoms with E-state index in [4.69, 9.17) is 14.2 Å². The summed E-state index contributed by atoms with van der Waals surface area (Å²) in [7, 11) is 0. The molecule has 3 aliphatic heterocycles. The van der Waals surface area contributed by atoms with E-state index in [1.165, 1.54) is 83.5 Å². The van der Waals surface area contributed by atoms with Crippen molar-refractivity contribution in [1.82, 2.24) is 0 Å². The predicted octanol–water partition coefficient (Wildman–Crippen LogP) is 8.11. The molecule has 0 saturated carbocycles. The van der Waals surface area contributed by atoms with Crippen LogP contribution in [0.4, 0.5) is 0 Å². The first kappa shape index (κ1) is 34.5. The maximum Gasteiger partial charge on any atom is 0.334 e. The standard InChI is InChI=1S/C35H62O6/c1-3-4-5-6-14-17-20-29(36)31-22-24-33(40-31)34-25-23-32(41-34)30(37)21-18-15-12-10-8-7-9-11-13-16-19-28-26-27(2)39-35(28)38/h26-27,29-34,36-37H,3-25H2,1-2H3/t27-,29+,30-,31+,32+,33+,34+/m0/s1. The lowest BCUT2D eigenvalue weighted by molar-refractivity contribution is -0.139. The van der Waals surface area contributed by atoms with Crippen molar-refractivity contribution in [2.24, 2.45) is 0 Å². The summed E-state index contributed by atoms with van der Waals surface area (Å²) >= 11 is 0. The number of aliphatic hydroxyl groups excluding tert-OH is 2. The van der Waals surface area contributed by atoms with Crippen molar-refractivity contribution < 1.29 is 29.2 Å². The van der Waals surface area contributed by atoms with Gasteiger partial charge in [0.25, 0.3) is 0 Å². The average Bonchev–Trinajstić information content (AvgIpc) is 3.71. The van der Waals surface area contributed by atoms with Gasteiger partial charge < -0.3 is 24.4 Å². The molecule has 7 atom stereocenters. The molecule has 2 saturated heterocycles. The van der Waals surface area contributed by atoms with E-state index in [2.05, 4.69) is 6.92 Å². The van der Waals surface area contributed by atoms with Gasteiger partial charge in [-0.2, -0.15) is 0 Å². The van der Waals surface area contributed by atoms with Crippen molar-refractivity contribution in [3.63, 3.8) is 0 Å². The maximum absolute atomic E-state index is 11.6. The summed E-state index contributed by atoms with van der Waals surface area (Å²) in [6, 6.07) is 0. The Labute approximate surface area is 251 Å². The van der Waals surface area contributed by atoms with E-state index in [0.29, 0.717) is 0 Å². The molecule has 6 heteroatoms. The molecule has 0 unspecified atom stereocenters. The summed E-state index contributed by atoms with van der Waals surface area (Å²) in [5.41, 5.74) is 0.869. The normalized spacial score (nSPS) is 27.8. The Balaban J connectivity index is 1.12. The number of unbranched alkanes of at least 4 members (excludes halogenated alkanes) is 14. The Morgan fingerprint density at radius 3 is 1.56 bits per heavy atom. The van der Waals surface area contributed by atoms with Crippen LogP contribution in [0.2, 0.25) is 0 Å². The predicted molar refractivity (Wildman–Crippen MR) is 165 cm³/mol. The first-order chi connectivity index (χ1) is 20.0. The second kappa shape index (κ2) is 20.1. The van der Waals surface area contributed by atoms with Crippen LogP contribution < -0.4 is 0 Å². The van der Waals surface area contributed by atoms with Crippen LogP contribution >= 0.6 is 0 Å². The molecular formula is C35H62O6. The number of esters is 1. The van der Waals surface area contributed by atoms with E-state index in [0.717, 1.165) is 69.8 Å². The number of rotatable bonds is 23. The largest absolute Gasteiger partial charge is 0.455 e. The lowest BCUT2D eigenvalue weighted by Crippen LogP contribution is -2.33. The molecule has 0 aromatic heterocycles. The summed E-state index contributed by atoms with van der Waals surface area (Å²) in [5.74, 6) is -0.118. The number of carbonyl (C=O) groups is 1. The van der Waals surface area contributed by atoms with Crippen LogP contribution in [0.1, 0.15) is 162 Å². The molecule has 0 spiro atoms. The van der Waals surface area contributed by atoms with Crippen LogP contribution in [0, 0.1) is 0 Å². The summed E-state index contributed by atoms with van der Waals surface area (Å²) in [5, 5.41) is 21.3. The third-order valence-electron chi connectivity index (χ3n) is 9.48. The third-order valence-corrected chi connectivity index (χ3v) is 9.48. The summed E-state index contributed by atoms with van der Waals surface area (Å²) < 4.78 is 17.7. The van der Waals surface area contributed by atoms with Gasteiger partial charge in [0.2, 0.25) is 0 Å². The van der Waals surface area contributed by atoms with Crippen molar-refractivity contribution in [2.75, 3.05) is 0 Å². The lowest BCUT2D eigenvalue weighted by Gasteiger charge is -2.24. The fraction of sp³-hybridized carbons (Fsp3) is 0.914. The topological polar surface area (TPSA) is 85.2 Å². The molecular weight excluding hydrogens is 516 g/mol. The number of cyclic esters (lactones) is 1. The Morgan fingerprint density at radius 2 is 1.12 bits per heavy atom. The van der Waals surface area contributed by atoms with Gasteiger partial charge in [0.1, 0.15) is 6.10 Å². The van der Waals surface area contributed by atoms with Crippen LogP contribution in [0.3, 0.4) is 0 Å². The lowest BCUT2D eigenvalue weighted by atomic mass is 10.0. The van der Waals surface area contributed by atoms with Gasteiger partial charge in [0.15, 0.2) is 0 Å². The van der Waals surface area contributed by atoms with Crippen LogP contribution in [-0.4, -0.2) is 58.9 Å². The van der Waals surface area contributed by atoms with Gasteiger partial charge in [-0.15, -0.1) is 0 Å². The Morgan fingerprint density at radius 1 is 0.683 bits per heavy atom. The summed E-state index contributed by atoms with van der Waals surface area (Å²) in [4.78, 5) is 11.6. The van der Waals surface area contributed by atoms with Gasteiger partial charge in [-0.1, -0.05) is 103 Å². The number of hydrogen-bond acceptors (Lipinski definition) is 6. The molecule has 3 rings (SSSR count). The van der Waals surface area contributed by atoms with Crippen molar-refractivity contribution >= 4 is 5.97 Å². The number of hydrogen-bond donors (Lipinski definition) is 2. The molecule has 6 nitrogen and oxygen atoms in total. The monoisotopic (exact) mass is 578 g/mol. The third kappa shape index (κ3) is 13.1. The molecule has 3 heterocycles. The number of aliphatic hydroxyl groups is 2. The van der Waals surface area contributed by atoms with Gasteiger partial charge in [-0.05, 0) is 64.4 Å². The Hall–Kier alpha value is -0.950. The van der Waals surface area contributed by atoms with E-state index in [9.17, 15) is 15.0 Å². The number of carbonyl (C=O) groups excluding carboxylic acids is 1. The molecule has 2 fully saturated rings. The highest BCUT2D eigenvalue weighted by atomic mass is 16.6. The molecule has 2 N–H and O–H groups in total. The molecule has 0 aliphatic carbocycles. The molecule has 238 valence electrons. The second-order valence-corrected chi connectivity index (χ2v) is 13.1. The molecule has 41 heavy (non-hydrogen) atoms. The van der Waals surface area contributed by atoms with Crippen LogP contribution in [-0.2, 0) is 19.0 Å². The highest BCUT2D eigenvalue weighted by molar-refractivity contribution is 5.90. The molecule has 0 radical (unpaired) electrons. The highest BCUT2D eigenvalue weighted by Crippen LogP contribution is 2.34. The molecule has 3 aliphatic rings. The SMILES string of the molecule is CCCCCCCC[C@@H](O)[C@H]1CC[C@H]([C@H]2CC[C@H]([C@@H](O)CCCCCCCCCCCCC3=C[C@H](C)OC3=O)O2)O1. The highest BCUT2D eigenvalue weighted by Gasteiger charge is 2.40. The number of ether oxygens (including phenoxy) is 3. The fourth-order valence-corrected chi connectivity index (χ4v) is 6.90. The zero-order valence-electron chi connectivity index (χ0n) is 26.4. The first-order valence-electron chi connectivity index (χ1n) is 17.6. The average molecular weight is 579 g/mol. The Kier molecular flexibility index (Phi) is 16.9. The molecule has 0 aromatic carbocycles.